The number of fused-ring (bicyclic) bond motifs is 16. The van der Waals surface area contributed by atoms with Crippen LogP contribution in [0.5, 0.6) is 0 Å². The van der Waals surface area contributed by atoms with Crippen LogP contribution in [0.1, 0.15) is 22.3 Å². The largest absolute Gasteiger partial charge is 0.310 e. The van der Waals surface area contributed by atoms with Crippen LogP contribution in [0.2, 0.25) is 0 Å². The van der Waals surface area contributed by atoms with E-state index in [0.29, 0.717) is 0 Å². The van der Waals surface area contributed by atoms with Crippen LogP contribution in [0.15, 0.2) is 224 Å². The Morgan fingerprint density at radius 2 is 0.787 bits per heavy atom. The number of benzene rings is 10. The number of rotatable bonds is 5. The maximum Gasteiger partial charge on any atom is 0.0726 e. The molecule has 0 radical (unpaired) electrons. The van der Waals surface area contributed by atoms with E-state index >= 15 is 0 Å². The molecule has 61 heavy (non-hydrogen) atoms. The standard InChI is InChI=1S/C59H37NS/c1-3-17-39(18-4-1)57-55(56-49-26-9-7-21-43(49)44-22-8-10-27-50(44)58(56)61-57)38-31-33-41(34-32-38)60(40-19-5-2-6-20-40)42-35-36-48-47-25-13-16-30-53(47)59(54(48)37-42)51-28-14-11-23-45(51)46-24-12-15-29-52(46)59/h1-37H. The van der Waals surface area contributed by atoms with E-state index in [4.69, 9.17) is 0 Å². The molecule has 0 amide bonds. The molecule has 2 aliphatic rings. The Balaban J connectivity index is 1.02. The summed E-state index contributed by atoms with van der Waals surface area (Å²) in [5.74, 6) is 0. The molecule has 10 aromatic carbocycles. The highest BCUT2D eigenvalue weighted by atomic mass is 32.1. The Morgan fingerprint density at radius 3 is 1.41 bits per heavy atom. The van der Waals surface area contributed by atoms with Crippen molar-refractivity contribution in [2.45, 2.75) is 5.41 Å². The Bertz CT molecular complexity index is 3460. The zero-order chi connectivity index (χ0) is 40.1. The van der Waals surface area contributed by atoms with Crippen molar-refractivity contribution in [2.75, 3.05) is 4.90 Å². The summed E-state index contributed by atoms with van der Waals surface area (Å²) < 4.78 is 1.33. The highest BCUT2D eigenvalue weighted by Gasteiger charge is 2.51. The second-order valence-corrected chi connectivity index (χ2v) is 17.3. The molecular weight excluding hydrogens is 755 g/mol. The fourth-order valence-corrected chi connectivity index (χ4v) is 12.2. The molecule has 2 aliphatic carbocycles. The minimum atomic E-state index is -0.415. The van der Waals surface area contributed by atoms with Gasteiger partial charge in [-0.2, -0.15) is 0 Å². The highest BCUT2D eigenvalue weighted by molar-refractivity contribution is 7.24. The van der Waals surface area contributed by atoms with Gasteiger partial charge in [0, 0.05) is 43.0 Å². The third-order valence-electron chi connectivity index (χ3n) is 13.3. The van der Waals surface area contributed by atoms with Crippen molar-refractivity contribution in [1.29, 1.82) is 0 Å². The summed E-state index contributed by atoms with van der Waals surface area (Å²) in [7, 11) is 0. The van der Waals surface area contributed by atoms with Crippen molar-refractivity contribution >= 4 is 60.0 Å². The molecule has 0 atom stereocenters. The molecule has 0 saturated carbocycles. The van der Waals surface area contributed by atoms with E-state index in [2.05, 4.69) is 229 Å². The van der Waals surface area contributed by atoms with Crippen molar-refractivity contribution < 1.29 is 0 Å². The van der Waals surface area contributed by atoms with E-state index in [1.807, 2.05) is 11.3 Å². The number of thiophene rings is 1. The SMILES string of the molecule is c1ccc(-c2sc3c4ccccc4c4ccccc4c3c2-c2ccc(N(c3ccccc3)c3ccc4c(c3)C3(c5ccccc5-c5ccccc53)c3ccccc3-4)cc2)cc1. The second-order valence-electron chi connectivity index (χ2n) is 16.3. The minimum absolute atomic E-state index is 0.415. The van der Waals surface area contributed by atoms with Gasteiger partial charge >= 0.3 is 0 Å². The zero-order valence-electron chi connectivity index (χ0n) is 33.2. The molecule has 2 heteroatoms. The van der Waals surface area contributed by atoms with E-state index < -0.39 is 5.41 Å². The number of anilines is 3. The lowest BCUT2D eigenvalue weighted by Crippen LogP contribution is -2.26. The van der Waals surface area contributed by atoms with Crippen LogP contribution in [0.25, 0.3) is 75.5 Å². The van der Waals surface area contributed by atoms with Crippen LogP contribution in [0, 0.1) is 0 Å². The first-order valence-corrected chi connectivity index (χ1v) is 21.9. The zero-order valence-corrected chi connectivity index (χ0v) is 34.0. The van der Waals surface area contributed by atoms with Crippen molar-refractivity contribution in [1.82, 2.24) is 0 Å². The van der Waals surface area contributed by atoms with Crippen LogP contribution < -0.4 is 4.90 Å². The summed E-state index contributed by atoms with van der Waals surface area (Å²) in [4.78, 5) is 3.73. The molecule has 0 bridgehead atoms. The number of hydrogen-bond donors (Lipinski definition) is 0. The van der Waals surface area contributed by atoms with Gasteiger partial charge in [0.05, 0.1) is 5.41 Å². The van der Waals surface area contributed by atoms with Crippen LogP contribution in [-0.4, -0.2) is 0 Å². The molecule has 0 aliphatic heterocycles. The molecule has 0 saturated heterocycles. The fraction of sp³-hybridized carbons (Fsp3) is 0.0169. The van der Waals surface area contributed by atoms with Crippen molar-refractivity contribution in [3.05, 3.63) is 247 Å². The number of nitrogens with zero attached hydrogens (tertiary/aromatic N) is 1. The first-order chi connectivity index (χ1) is 30.3. The molecule has 1 aromatic heterocycles. The smallest absolute Gasteiger partial charge is 0.0726 e. The topological polar surface area (TPSA) is 3.24 Å². The summed E-state index contributed by atoms with van der Waals surface area (Å²) in [5, 5.41) is 6.52. The van der Waals surface area contributed by atoms with E-state index in [0.717, 1.165) is 17.1 Å². The average Bonchev–Trinajstić information content (AvgIpc) is 3.98. The van der Waals surface area contributed by atoms with Gasteiger partial charge in [0.25, 0.3) is 0 Å². The highest BCUT2D eigenvalue weighted by Crippen LogP contribution is 2.63. The van der Waals surface area contributed by atoms with E-state index in [1.54, 1.807) is 0 Å². The van der Waals surface area contributed by atoms with Gasteiger partial charge in [-0.05, 0) is 108 Å². The summed E-state index contributed by atoms with van der Waals surface area (Å²) in [6.07, 6.45) is 0. The maximum absolute atomic E-state index is 2.48. The van der Waals surface area contributed by atoms with Gasteiger partial charge in [0.1, 0.15) is 0 Å². The Labute approximate surface area is 359 Å². The fourth-order valence-electron chi connectivity index (χ4n) is 10.8. The summed E-state index contributed by atoms with van der Waals surface area (Å²) in [5.41, 5.74) is 17.3. The summed E-state index contributed by atoms with van der Waals surface area (Å²) in [6.45, 7) is 0. The molecule has 13 rings (SSSR count). The lowest BCUT2D eigenvalue weighted by Gasteiger charge is -2.32. The van der Waals surface area contributed by atoms with Gasteiger partial charge in [-0.1, -0.05) is 188 Å². The van der Waals surface area contributed by atoms with Crippen molar-refractivity contribution in [3.63, 3.8) is 0 Å². The predicted octanol–water partition coefficient (Wildman–Crippen LogP) is 16.4. The quantitative estimate of drug-likeness (QED) is 0.157. The van der Waals surface area contributed by atoms with Gasteiger partial charge in [0.2, 0.25) is 0 Å². The van der Waals surface area contributed by atoms with Crippen molar-refractivity contribution in [2.24, 2.45) is 0 Å². The van der Waals surface area contributed by atoms with E-state index in [9.17, 15) is 0 Å². The first kappa shape index (κ1) is 34.4. The van der Waals surface area contributed by atoms with Gasteiger partial charge < -0.3 is 4.90 Å². The number of para-hydroxylation sites is 1. The Morgan fingerprint density at radius 1 is 0.328 bits per heavy atom. The van der Waals surface area contributed by atoms with Crippen LogP contribution >= 0.6 is 11.3 Å². The third-order valence-corrected chi connectivity index (χ3v) is 14.5. The van der Waals surface area contributed by atoms with Gasteiger partial charge in [0.15, 0.2) is 0 Å². The van der Waals surface area contributed by atoms with Gasteiger partial charge in [-0.25, -0.2) is 0 Å². The third kappa shape index (κ3) is 4.83. The molecule has 1 heterocycles. The lowest BCUT2D eigenvalue weighted by molar-refractivity contribution is 0.793. The Kier molecular flexibility index (Phi) is 7.46. The van der Waals surface area contributed by atoms with Crippen LogP contribution in [-0.2, 0) is 5.41 Å². The van der Waals surface area contributed by atoms with Crippen LogP contribution in [0.4, 0.5) is 17.1 Å². The number of hydrogen-bond acceptors (Lipinski definition) is 2. The average molecular weight is 792 g/mol. The molecule has 0 unspecified atom stereocenters. The van der Waals surface area contributed by atoms with Crippen molar-refractivity contribution in [3.8, 4) is 43.8 Å². The van der Waals surface area contributed by atoms with Gasteiger partial charge in [-0.3, -0.25) is 0 Å². The molecular formula is C59H37NS. The second kappa shape index (κ2) is 13.2. The maximum atomic E-state index is 2.48. The summed E-state index contributed by atoms with van der Waals surface area (Å²) in [6, 6.07) is 83.2. The lowest BCUT2D eigenvalue weighted by atomic mass is 9.70. The Hall–Kier alpha value is -7.52. The molecule has 11 aromatic rings. The molecule has 0 N–H and O–H groups in total. The first-order valence-electron chi connectivity index (χ1n) is 21.1. The molecule has 0 fully saturated rings. The van der Waals surface area contributed by atoms with Crippen LogP contribution in [0.3, 0.4) is 0 Å². The molecule has 1 nitrogen and oxygen atoms in total. The normalized spacial score (nSPS) is 13.0. The monoisotopic (exact) mass is 791 g/mol. The summed E-state index contributed by atoms with van der Waals surface area (Å²) >= 11 is 1.92. The molecule has 284 valence electrons. The van der Waals surface area contributed by atoms with E-state index in [-0.39, 0.29) is 0 Å². The van der Waals surface area contributed by atoms with Gasteiger partial charge in [-0.15, -0.1) is 11.3 Å². The minimum Gasteiger partial charge on any atom is -0.310 e. The predicted molar refractivity (Wildman–Crippen MR) is 259 cm³/mol. The molecule has 1 spiro atoms. The van der Waals surface area contributed by atoms with E-state index in [1.165, 1.54) is 97.7 Å².